The molecule has 40 heavy (non-hydrogen) atoms. The summed E-state index contributed by atoms with van der Waals surface area (Å²) >= 11 is 0. The van der Waals surface area contributed by atoms with Crippen molar-refractivity contribution in [1.29, 1.82) is 0 Å². The molecule has 0 spiro atoms. The topological polar surface area (TPSA) is 130 Å². The van der Waals surface area contributed by atoms with Gasteiger partial charge < -0.3 is 30.8 Å². The number of amides is 1. The zero-order valence-corrected chi connectivity index (χ0v) is 18.5. The molecule has 240 valence electrons. The van der Waals surface area contributed by atoms with Crippen molar-refractivity contribution in [3.63, 3.8) is 0 Å². The molecule has 0 heterocycles. The van der Waals surface area contributed by atoms with Gasteiger partial charge in [0, 0.05) is 13.0 Å². The van der Waals surface area contributed by atoms with Gasteiger partial charge in [0.05, 0.1) is 6.61 Å². The van der Waals surface area contributed by atoms with E-state index in [1.165, 1.54) is 0 Å². The minimum atomic E-state index is -8.78. The molecule has 1 amide bonds. The maximum atomic E-state index is 13.7. The lowest BCUT2D eigenvalue weighted by Gasteiger charge is -2.42. The zero-order valence-electron chi connectivity index (χ0n) is 18.5. The Bertz CT molecular complexity index is 880. The van der Waals surface area contributed by atoms with Gasteiger partial charge in [0.1, 0.15) is 18.3 Å². The average Bonchev–Trinajstić information content (AvgIpc) is 2.80. The Morgan fingerprint density at radius 1 is 0.575 bits per heavy atom. The van der Waals surface area contributed by atoms with E-state index >= 15 is 0 Å². The summed E-state index contributed by atoms with van der Waals surface area (Å²) in [6, 6.07) is 0. The molecular formula is C16H16F17NO6. The third kappa shape index (κ3) is 5.99. The Labute approximate surface area is 209 Å². The summed E-state index contributed by atoms with van der Waals surface area (Å²) in [5, 5.41) is 46.4. The number of alkyl halides is 17. The second-order valence-corrected chi connectivity index (χ2v) is 7.87. The molecular weight excluding hydrogens is 625 g/mol. The first-order valence-corrected chi connectivity index (χ1v) is 9.67. The van der Waals surface area contributed by atoms with E-state index in [1.807, 2.05) is 0 Å². The summed E-state index contributed by atoms with van der Waals surface area (Å²) in [5.41, 5.74) is 0. The Balaban J connectivity index is 6.05. The zero-order chi connectivity index (χ0) is 32.7. The second kappa shape index (κ2) is 11.4. The van der Waals surface area contributed by atoms with Crippen molar-refractivity contribution in [1.82, 2.24) is 5.32 Å². The van der Waals surface area contributed by atoms with Crippen LogP contribution in [0.1, 0.15) is 6.42 Å². The van der Waals surface area contributed by atoms with E-state index in [9.17, 15) is 94.8 Å². The number of hydrogen-bond acceptors (Lipinski definition) is 6. The van der Waals surface area contributed by atoms with Crippen molar-refractivity contribution in [3.05, 3.63) is 0 Å². The fourth-order valence-corrected chi connectivity index (χ4v) is 2.48. The van der Waals surface area contributed by atoms with Crippen molar-refractivity contribution >= 4 is 5.91 Å². The highest BCUT2D eigenvalue weighted by Crippen LogP contribution is 2.64. The predicted molar refractivity (Wildman–Crippen MR) is 89.4 cm³/mol. The van der Waals surface area contributed by atoms with Crippen molar-refractivity contribution in [2.45, 2.75) is 78.5 Å². The number of carbonyl (C=O) groups excluding carboxylic acids is 1. The normalized spacial score (nSPS) is 18.2. The molecule has 0 aromatic rings. The van der Waals surface area contributed by atoms with Gasteiger partial charge in [-0.05, 0) is 0 Å². The van der Waals surface area contributed by atoms with Crippen LogP contribution in [-0.4, -0.2) is 117 Å². The van der Waals surface area contributed by atoms with Gasteiger partial charge in [-0.15, -0.1) is 0 Å². The highest BCUT2D eigenvalue weighted by atomic mass is 19.4. The van der Waals surface area contributed by atoms with Crippen LogP contribution in [-0.2, 0) is 4.79 Å². The molecule has 0 aromatic carbocycles. The van der Waals surface area contributed by atoms with Crippen LogP contribution in [0, 0.1) is 0 Å². The summed E-state index contributed by atoms with van der Waals surface area (Å²) in [5.74, 6) is -59.9. The van der Waals surface area contributed by atoms with Gasteiger partial charge in [-0.3, -0.25) is 4.79 Å². The van der Waals surface area contributed by atoms with Crippen LogP contribution in [0.3, 0.4) is 0 Å². The molecule has 0 saturated heterocycles. The summed E-state index contributed by atoms with van der Waals surface area (Å²) in [7, 11) is 0. The molecule has 7 nitrogen and oxygen atoms in total. The number of hydrogen-bond donors (Lipinski definition) is 6. The number of aliphatic hydroxyl groups is 5. The van der Waals surface area contributed by atoms with Crippen LogP contribution >= 0.6 is 0 Å². The molecule has 0 unspecified atom stereocenters. The summed E-state index contributed by atoms with van der Waals surface area (Å²) in [6.07, 6.45) is -21.5. The lowest BCUT2D eigenvalue weighted by atomic mass is 9.88. The fraction of sp³-hybridized carbons (Fsp3) is 0.938. The van der Waals surface area contributed by atoms with Gasteiger partial charge in [-0.1, -0.05) is 0 Å². The maximum Gasteiger partial charge on any atom is 0.460 e. The van der Waals surface area contributed by atoms with Crippen LogP contribution in [0.4, 0.5) is 74.6 Å². The Hall–Kier alpha value is -1.92. The van der Waals surface area contributed by atoms with Gasteiger partial charge in [-0.25, -0.2) is 0 Å². The van der Waals surface area contributed by atoms with E-state index in [2.05, 4.69) is 0 Å². The Kier molecular flexibility index (Phi) is 10.8. The monoisotopic (exact) mass is 641 g/mol. The highest BCUT2D eigenvalue weighted by molar-refractivity contribution is 5.81. The first kappa shape index (κ1) is 38.1. The standard InChI is InChI=1S/C16H16F17NO6/c17-9(18,1-2-34-8(40)7(39)6(38)5(37)4(36)3-35)10(19,20)11(21,22)12(23,24)13(25,26)14(27,28)15(29,30)16(31,32)33/h4-7,35-39H,1-3H2,(H,34,40)/t4-,5-,6+,7-/m1/s1. The van der Waals surface area contributed by atoms with Crippen molar-refractivity contribution in [3.8, 4) is 0 Å². The van der Waals surface area contributed by atoms with Crippen LogP contribution in [0.2, 0.25) is 0 Å². The van der Waals surface area contributed by atoms with E-state index in [1.54, 1.807) is 0 Å². The maximum absolute atomic E-state index is 13.7. The molecule has 0 aromatic heterocycles. The molecule has 0 aliphatic rings. The molecule has 4 atom stereocenters. The van der Waals surface area contributed by atoms with Crippen LogP contribution in [0.25, 0.3) is 0 Å². The van der Waals surface area contributed by atoms with Crippen LogP contribution in [0.5, 0.6) is 0 Å². The minimum absolute atomic E-state index is 0.942. The van der Waals surface area contributed by atoms with E-state index < -0.39 is 97.5 Å². The lowest BCUT2D eigenvalue weighted by Crippen LogP contribution is -2.74. The molecule has 0 aliphatic heterocycles. The second-order valence-electron chi connectivity index (χ2n) is 7.87. The number of aliphatic hydroxyl groups excluding tert-OH is 5. The quantitative estimate of drug-likeness (QED) is 0.161. The Morgan fingerprint density at radius 3 is 1.27 bits per heavy atom. The first-order chi connectivity index (χ1) is 17.3. The smallest absolute Gasteiger partial charge is 0.394 e. The van der Waals surface area contributed by atoms with Crippen LogP contribution < -0.4 is 5.32 Å². The summed E-state index contributed by atoms with van der Waals surface area (Å²) in [4.78, 5) is 11.5. The van der Waals surface area contributed by atoms with Gasteiger partial charge in [0.15, 0.2) is 6.10 Å². The van der Waals surface area contributed by atoms with Gasteiger partial charge in [-0.2, -0.15) is 74.6 Å². The van der Waals surface area contributed by atoms with Crippen molar-refractivity contribution < 1.29 is 105 Å². The van der Waals surface area contributed by atoms with Gasteiger partial charge in [0.25, 0.3) is 5.91 Å². The average molecular weight is 641 g/mol. The third-order valence-electron chi connectivity index (χ3n) is 5.05. The molecule has 6 N–H and O–H groups in total. The predicted octanol–water partition coefficient (Wildman–Crippen LogP) is 1.94. The molecule has 0 saturated carbocycles. The molecule has 0 radical (unpaired) electrons. The molecule has 0 rings (SSSR count). The molecule has 24 heteroatoms. The fourth-order valence-electron chi connectivity index (χ4n) is 2.48. The number of nitrogens with one attached hydrogen (secondary N) is 1. The highest BCUT2D eigenvalue weighted by Gasteiger charge is 2.95. The van der Waals surface area contributed by atoms with Gasteiger partial charge >= 0.3 is 47.6 Å². The first-order valence-electron chi connectivity index (χ1n) is 9.67. The van der Waals surface area contributed by atoms with Gasteiger partial charge in [0.2, 0.25) is 0 Å². The third-order valence-corrected chi connectivity index (χ3v) is 5.05. The molecule has 0 fully saturated rings. The SMILES string of the molecule is O=C(NCCC(F)(F)C(F)(F)C(F)(F)C(F)(F)C(F)(F)C(F)(F)C(F)(F)C(F)(F)F)[C@H](O)[C@@H](O)[C@H](O)[C@H](O)CO. The van der Waals surface area contributed by atoms with E-state index in [0.717, 1.165) is 5.32 Å². The van der Waals surface area contributed by atoms with E-state index in [4.69, 9.17) is 10.2 Å². The minimum Gasteiger partial charge on any atom is -0.394 e. The van der Waals surface area contributed by atoms with Crippen molar-refractivity contribution in [2.24, 2.45) is 0 Å². The number of halogens is 17. The number of carbonyl (C=O) groups is 1. The van der Waals surface area contributed by atoms with E-state index in [0.29, 0.717) is 0 Å². The largest absolute Gasteiger partial charge is 0.460 e. The number of rotatable bonds is 14. The lowest BCUT2D eigenvalue weighted by molar-refractivity contribution is -0.461. The molecule has 0 aliphatic carbocycles. The summed E-state index contributed by atoms with van der Waals surface area (Å²) < 4.78 is 224. The van der Waals surface area contributed by atoms with E-state index in [-0.39, 0.29) is 0 Å². The van der Waals surface area contributed by atoms with Crippen molar-refractivity contribution in [2.75, 3.05) is 13.2 Å². The Morgan fingerprint density at radius 2 is 0.925 bits per heavy atom. The van der Waals surface area contributed by atoms with Crippen LogP contribution in [0.15, 0.2) is 0 Å². The summed E-state index contributed by atoms with van der Waals surface area (Å²) in [6.45, 7) is -3.46. The molecule has 0 bridgehead atoms.